The first-order chi connectivity index (χ1) is 9.72. The molecule has 2 heterocycles. The van der Waals surface area contributed by atoms with E-state index in [4.69, 9.17) is 11.6 Å². The van der Waals surface area contributed by atoms with Crippen molar-refractivity contribution in [3.63, 3.8) is 0 Å². The Hall–Kier alpha value is -1.52. The summed E-state index contributed by atoms with van der Waals surface area (Å²) >= 11 is 5.93. The van der Waals surface area contributed by atoms with Gasteiger partial charge in [-0.2, -0.15) is 0 Å². The maximum Gasteiger partial charge on any atom is 0.122 e. The first kappa shape index (κ1) is 13.5. The average Bonchev–Trinajstić information content (AvgIpc) is 2.86. The zero-order valence-corrected chi connectivity index (χ0v) is 12.4. The number of aromatic nitrogens is 2. The molecule has 0 radical (unpaired) electrons. The summed E-state index contributed by atoms with van der Waals surface area (Å²) in [5.74, 6) is 1.13. The maximum absolute atomic E-state index is 5.93. The lowest BCUT2D eigenvalue weighted by Gasteiger charge is -2.35. The Bertz CT molecular complexity index is 556. The lowest BCUT2D eigenvalue weighted by molar-refractivity contribution is 0.242. The summed E-state index contributed by atoms with van der Waals surface area (Å²) < 4.78 is 2.09. The lowest BCUT2D eigenvalue weighted by atomic mass is 10.2. The van der Waals surface area contributed by atoms with Crippen molar-refractivity contribution in [2.24, 2.45) is 7.05 Å². The predicted octanol–water partition coefficient (Wildman–Crippen LogP) is 2.40. The predicted molar refractivity (Wildman–Crippen MR) is 82.2 cm³/mol. The Morgan fingerprint density at radius 3 is 2.40 bits per heavy atom. The standard InChI is InChI=1S/C15H19ClN4/c1-18-7-6-17-15(18)12-19-8-10-20(11-9-19)14-4-2-13(16)3-5-14/h2-7H,8-12H2,1H3. The normalized spacial score (nSPS) is 16.6. The van der Waals surface area contributed by atoms with Gasteiger partial charge in [0.15, 0.2) is 0 Å². The number of imidazole rings is 1. The third-order valence-corrected chi connectivity index (χ3v) is 4.10. The third kappa shape index (κ3) is 2.97. The second kappa shape index (κ2) is 5.85. The van der Waals surface area contributed by atoms with Crippen LogP contribution in [0.15, 0.2) is 36.7 Å². The van der Waals surface area contributed by atoms with Gasteiger partial charge in [0.25, 0.3) is 0 Å². The molecule has 5 heteroatoms. The molecule has 0 saturated carbocycles. The van der Waals surface area contributed by atoms with Crippen molar-refractivity contribution < 1.29 is 0 Å². The van der Waals surface area contributed by atoms with E-state index >= 15 is 0 Å². The Morgan fingerprint density at radius 2 is 1.80 bits per heavy atom. The summed E-state index contributed by atoms with van der Waals surface area (Å²) in [4.78, 5) is 9.25. The number of benzene rings is 1. The molecule has 0 bridgehead atoms. The van der Waals surface area contributed by atoms with E-state index < -0.39 is 0 Å². The van der Waals surface area contributed by atoms with Crippen molar-refractivity contribution in [2.75, 3.05) is 31.1 Å². The van der Waals surface area contributed by atoms with Crippen LogP contribution in [-0.2, 0) is 13.6 Å². The van der Waals surface area contributed by atoms with E-state index in [0.29, 0.717) is 0 Å². The first-order valence-electron chi connectivity index (χ1n) is 6.91. The maximum atomic E-state index is 5.93. The second-order valence-corrected chi connectivity index (χ2v) is 5.63. The van der Waals surface area contributed by atoms with Gasteiger partial charge in [0.05, 0.1) is 6.54 Å². The Balaban J connectivity index is 1.57. The van der Waals surface area contributed by atoms with Crippen LogP contribution in [-0.4, -0.2) is 40.6 Å². The summed E-state index contributed by atoms with van der Waals surface area (Å²) in [7, 11) is 2.05. The average molecular weight is 291 g/mol. The minimum atomic E-state index is 0.794. The van der Waals surface area contributed by atoms with Crippen LogP contribution in [0, 0.1) is 0 Å². The highest BCUT2D eigenvalue weighted by atomic mass is 35.5. The van der Waals surface area contributed by atoms with Gasteiger partial charge < -0.3 is 9.47 Å². The molecule has 4 nitrogen and oxygen atoms in total. The first-order valence-corrected chi connectivity index (χ1v) is 7.29. The van der Waals surface area contributed by atoms with E-state index in [1.165, 1.54) is 5.69 Å². The fraction of sp³-hybridized carbons (Fsp3) is 0.400. The topological polar surface area (TPSA) is 24.3 Å². The van der Waals surface area contributed by atoms with E-state index in [-0.39, 0.29) is 0 Å². The SMILES string of the molecule is Cn1ccnc1CN1CCN(c2ccc(Cl)cc2)CC1. The number of piperazine rings is 1. The smallest absolute Gasteiger partial charge is 0.122 e. The molecule has 3 rings (SSSR count). The van der Waals surface area contributed by atoms with Crippen molar-refractivity contribution in [3.05, 3.63) is 47.5 Å². The number of hydrogen-bond donors (Lipinski definition) is 0. The largest absolute Gasteiger partial charge is 0.369 e. The molecular formula is C15H19ClN4. The van der Waals surface area contributed by atoms with Crippen molar-refractivity contribution in [1.29, 1.82) is 0 Å². The van der Waals surface area contributed by atoms with Gasteiger partial charge in [-0.25, -0.2) is 4.98 Å². The third-order valence-electron chi connectivity index (χ3n) is 3.85. The highest BCUT2D eigenvalue weighted by Crippen LogP contribution is 2.19. The second-order valence-electron chi connectivity index (χ2n) is 5.19. The van der Waals surface area contributed by atoms with E-state index in [2.05, 4.69) is 31.5 Å². The van der Waals surface area contributed by atoms with E-state index in [1.807, 2.05) is 31.6 Å². The molecule has 1 aromatic carbocycles. The number of nitrogens with zero attached hydrogens (tertiary/aromatic N) is 4. The van der Waals surface area contributed by atoms with Crippen LogP contribution in [0.3, 0.4) is 0 Å². The van der Waals surface area contributed by atoms with Crippen LogP contribution < -0.4 is 4.90 Å². The number of halogens is 1. The molecule has 0 spiro atoms. The van der Waals surface area contributed by atoms with Gasteiger partial charge in [-0.3, -0.25) is 4.90 Å². The number of anilines is 1. The molecule has 20 heavy (non-hydrogen) atoms. The highest BCUT2D eigenvalue weighted by Gasteiger charge is 2.18. The minimum Gasteiger partial charge on any atom is -0.369 e. The molecule has 0 atom stereocenters. The molecule has 1 aliphatic heterocycles. The van der Waals surface area contributed by atoms with Gasteiger partial charge in [-0.15, -0.1) is 0 Å². The summed E-state index contributed by atoms with van der Waals surface area (Å²) in [6, 6.07) is 8.10. The molecule has 1 saturated heterocycles. The number of hydrogen-bond acceptors (Lipinski definition) is 3. The molecule has 1 fully saturated rings. The van der Waals surface area contributed by atoms with E-state index in [9.17, 15) is 0 Å². The molecular weight excluding hydrogens is 272 g/mol. The fourth-order valence-corrected chi connectivity index (χ4v) is 2.69. The number of rotatable bonds is 3. The summed E-state index contributed by atoms with van der Waals surface area (Å²) in [6.07, 6.45) is 3.86. The molecule has 106 valence electrons. The zero-order valence-electron chi connectivity index (χ0n) is 11.7. The van der Waals surface area contributed by atoms with Crippen molar-refractivity contribution in [3.8, 4) is 0 Å². The monoisotopic (exact) mass is 290 g/mol. The van der Waals surface area contributed by atoms with E-state index in [1.54, 1.807) is 0 Å². The van der Waals surface area contributed by atoms with Gasteiger partial charge in [-0.1, -0.05) is 11.6 Å². The van der Waals surface area contributed by atoms with Gasteiger partial charge in [0.2, 0.25) is 0 Å². The Kier molecular flexibility index (Phi) is 3.94. The van der Waals surface area contributed by atoms with Crippen LogP contribution in [0.25, 0.3) is 0 Å². The Labute approximate surface area is 124 Å². The molecule has 0 aliphatic carbocycles. The van der Waals surface area contributed by atoms with Crippen LogP contribution in [0.4, 0.5) is 5.69 Å². The fourth-order valence-electron chi connectivity index (χ4n) is 2.56. The molecule has 2 aromatic rings. The van der Waals surface area contributed by atoms with Crippen LogP contribution in [0.5, 0.6) is 0 Å². The van der Waals surface area contributed by atoms with E-state index in [0.717, 1.165) is 43.6 Å². The summed E-state index contributed by atoms with van der Waals surface area (Å²) in [5.41, 5.74) is 1.26. The zero-order chi connectivity index (χ0) is 13.9. The van der Waals surface area contributed by atoms with Gasteiger partial charge in [0.1, 0.15) is 5.82 Å². The van der Waals surface area contributed by atoms with Gasteiger partial charge in [0, 0.05) is 56.3 Å². The molecule has 1 aromatic heterocycles. The quantitative estimate of drug-likeness (QED) is 0.867. The van der Waals surface area contributed by atoms with Gasteiger partial charge >= 0.3 is 0 Å². The van der Waals surface area contributed by atoms with Crippen LogP contribution in [0.2, 0.25) is 5.02 Å². The molecule has 0 amide bonds. The van der Waals surface area contributed by atoms with Gasteiger partial charge in [-0.05, 0) is 24.3 Å². The summed E-state index contributed by atoms with van der Waals surface area (Å²) in [5, 5.41) is 0.794. The minimum absolute atomic E-state index is 0.794. The van der Waals surface area contributed by atoms with Crippen LogP contribution >= 0.6 is 11.6 Å². The van der Waals surface area contributed by atoms with Crippen molar-refractivity contribution >= 4 is 17.3 Å². The Morgan fingerprint density at radius 1 is 1.10 bits per heavy atom. The van der Waals surface area contributed by atoms with Crippen molar-refractivity contribution in [1.82, 2.24) is 14.5 Å². The highest BCUT2D eigenvalue weighted by molar-refractivity contribution is 6.30. The lowest BCUT2D eigenvalue weighted by Crippen LogP contribution is -2.46. The van der Waals surface area contributed by atoms with Crippen molar-refractivity contribution in [2.45, 2.75) is 6.54 Å². The summed E-state index contributed by atoms with van der Waals surface area (Å²) in [6.45, 7) is 5.15. The molecule has 0 unspecified atom stereocenters. The molecule has 0 N–H and O–H groups in total. The van der Waals surface area contributed by atoms with Crippen LogP contribution in [0.1, 0.15) is 5.82 Å². The number of aryl methyl sites for hydroxylation is 1. The molecule has 1 aliphatic rings.